The number of carbonyl (C=O) groups is 1. The highest BCUT2D eigenvalue weighted by atomic mass is 16.5. The third kappa shape index (κ3) is 4.48. The molecule has 5 heteroatoms. The number of nitrogens with zero attached hydrogens (tertiary/aromatic N) is 1. The van der Waals surface area contributed by atoms with E-state index in [9.17, 15) is 4.79 Å². The summed E-state index contributed by atoms with van der Waals surface area (Å²) in [5.41, 5.74) is 2.18. The number of ether oxygens (including phenoxy) is 1. The highest BCUT2D eigenvalue weighted by Gasteiger charge is 2.33. The van der Waals surface area contributed by atoms with E-state index in [1.54, 1.807) is 13.3 Å². The maximum Gasteiger partial charge on any atom is 0.315 e. The SMILES string of the molecule is COCCC1(CNC(=O)NCc2cccc3cccnc23)CCCC1. The Bertz CT molecular complexity index is 706. The predicted octanol–water partition coefficient (Wildman–Crippen LogP) is 3.63. The number of methoxy groups -OCH3 is 1. The molecule has 0 spiro atoms. The molecule has 1 aliphatic carbocycles. The smallest absolute Gasteiger partial charge is 0.315 e. The molecule has 1 aromatic carbocycles. The molecule has 0 radical (unpaired) electrons. The van der Waals surface area contributed by atoms with Gasteiger partial charge in [-0.3, -0.25) is 4.98 Å². The fourth-order valence-electron chi connectivity index (χ4n) is 3.77. The van der Waals surface area contributed by atoms with E-state index >= 15 is 0 Å². The summed E-state index contributed by atoms with van der Waals surface area (Å²) in [6, 6.07) is 9.88. The summed E-state index contributed by atoms with van der Waals surface area (Å²) in [6.07, 6.45) is 7.62. The second-order valence-corrected chi connectivity index (χ2v) is 6.98. The van der Waals surface area contributed by atoms with Gasteiger partial charge in [0.15, 0.2) is 0 Å². The van der Waals surface area contributed by atoms with Crippen molar-refractivity contribution in [3.05, 3.63) is 42.1 Å². The number of pyridine rings is 1. The summed E-state index contributed by atoms with van der Waals surface area (Å²) in [5, 5.41) is 7.12. The number of hydrogen-bond donors (Lipinski definition) is 2. The normalized spacial score (nSPS) is 16.0. The van der Waals surface area contributed by atoms with E-state index in [1.165, 1.54) is 25.7 Å². The van der Waals surface area contributed by atoms with Gasteiger partial charge in [0.05, 0.1) is 5.52 Å². The summed E-state index contributed by atoms with van der Waals surface area (Å²) in [6.45, 7) is 1.95. The molecule has 1 fully saturated rings. The highest BCUT2D eigenvalue weighted by Crippen LogP contribution is 2.40. The molecule has 0 unspecified atom stereocenters. The van der Waals surface area contributed by atoms with Crippen molar-refractivity contribution in [3.8, 4) is 0 Å². The molecule has 0 aliphatic heterocycles. The zero-order valence-electron chi connectivity index (χ0n) is 14.9. The number of rotatable bonds is 7. The quantitative estimate of drug-likeness (QED) is 0.808. The van der Waals surface area contributed by atoms with Crippen molar-refractivity contribution >= 4 is 16.9 Å². The number of urea groups is 1. The van der Waals surface area contributed by atoms with Crippen LogP contribution in [0.25, 0.3) is 10.9 Å². The van der Waals surface area contributed by atoms with Crippen LogP contribution in [-0.4, -0.2) is 31.3 Å². The number of amides is 2. The lowest BCUT2D eigenvalue weighted by Gasteiger charge is -2.29. The molecule has 0 bridgehead atoms. The predicted molar refractivity (Wildman–Crippen MR) is 99.4 cm³/mol. The van der Waals surface area contributed by atoms with Gasteiger partial charge in [-0.2, -0.15) is 0 Å². The number of nitrogens with one attached hydrogen (secondary N) is 2. The average molecular weight is 341 g/mol. The van der Waals surface area contributed by atoms with Gasteiger partial charge in [-0.25, -0.2) is 4.79 Å². The fourth-order valence-corrected chi connectivity index (χ4v) is 3.77. The van der Waals surface area contributed by atoms with Crippen molar-refractivity contribution in [2.24, 2.45) is 5.41 Å². The van der Waals surface area contributed by atoms with E-state index in [2.05, 4.69) is 15.6 Å². The summed E-state index contributed by atoms with van der Waals surface area (Å²) in [5.74, 6) is 0. The van der Waals surface area contributed by atoms with Crippen molar-refractivity contribution in [1.82, 2.24) is 15.6 Å². The molecule has 0 atom stereocenters. The molecule has 1 aliphatic rings. The molecule has 2 aromatic rings. The molecule has 3 rings (SSSR count). The van der Waals surface area contributed by atoms with Crippen molar-refractivity contribution in [3.63, 3.8) is 0 Å². The Kier molecular flexibility index (Phi) is 5.87. The van der Waals surface area contributed by atoms with Crippen LogP contribution in [0.1, 0.15) is 37.7 Å². The summed E-state index contributed by atoms with van der Waals surface area (Å²) >= 11 is 0. The van der Waals surface area contributed by atoms with Crippen LogP contribution in [0.15, 0.2) is 36.5 Å². The van der Waals surface area contributed by atoms with Gasteiger partial charge in [0, 0.05) is 38.4 Å². The van der Waals surface area contributed by atoms with Crippen LogP contribution in [0.2, 0.25) is 0 Å². The summed E-state index contributed by atoms with van der Waals surface area (Å²) in [4.78, 5) is 16.7. The Hall–Kier alpha value is -2.14. The van der Waals surface area contributed by atoms with Crippen LogP contribution in [0.5, 0.6) is 0 Å². The molecule has 134 valence electrons. The first kappa shape index (κ1) is 17.7. The zero-order valence-corrected chi connectivity index (χ0v) is 14.9. The van der Waals surface area contributed by atoms with Gasteiger partial charge in [-0.15, -0.1) is 0 Å². The van der Waals surface area contributed by atoms with Crippen molar-refractivity contribution < 1.29 is 9.53 Å². The Morgan fingerprint density at radius 3 is 2.80 bits per heavy atom. The van der Waals surface area contributed by atoms with Crippen LogP contribution < -0.4 is 10.6 Å². The first-order chi connectivity index (χ1) is 12.2. The molecule has 1 aromatic heterocycles. The van der Waals surface area contributed by atoms with Crippen LogP contribution >= 0.6 is 0 Å². The van der Waals surface area contributed by atoms with Crippen molar-refractivity contribution in [1.29, 1.82) is 0 Å². The first-order valence-corrected chi connectivity index (χ1v) is 9.06. The second kappa shape index (κ2) is 8.30. The van der Waals surface area contributed by atoms with Crippen LogP contribution in [0, 0.1) is 5.41 Å². The molecule has 0 saturated heterocycles. The Morgan fingerprint density at radius 2 is 2.00 bits per heavy atom. The van der Waals surface area contributed by atoms with Gasteiger partial charge in [0.2, 0.25) is 0 Å². The van der Waals surface area contributed by atoms with Crippen molar-refractivity contribution in [2.45, 2.75) is 38.6 Å². The maximum atomic E-state index is 12.3. The molecule has 2 N–H and O–H groups in total. The largest absolute Gasteiger partial charge is 0.385 e. The third-order valence-electron chi connectivity index (χ3n) is 5.28. The second-order valence-electron chi connectivity index (χ2n) is 6.98. The first-order valence-electron chi connectivity index (χ1n) is 9.06. The van der Waals surface area contributed by atoms with Gasteiger partial charge in [0.1, 0.15) is 0 Å². The van der Waals surface area contributed by atoms with E-state index in [4.69, 9.17) is 4.74 Å². The van der Waals surface area contributed by atoms with Crippen LogP contribution in [0.3, 0.4) is 0 Å². The average Bonchev–Trinajstić information content (AvgIpc) is 3.12. The zero-order chi connectivity index (χ0) is 17.5. The van der Waals surface area contributed by atoms with Crippen LogP contribution in [0.4, 0.5) is 4.79 Å². The van der Waals surface area contributed by atoms with Crippen molar-refractivity contribution in [2.75, 3.05) is 20.3 Å². The third-order valence-corrected chi connectivity index (χ3v) is 5.28. The molecular weight excluding hydrogens is 314 g/mol. The van der Waals surface area contributed by atoms with Crippen LogP contribution in [-0.2, 0) is 11.3 Å². The molecule has 2 amide bonds. The number of fused-ring (bicyclic) bond motifs is 1. The number of carbonyl (C=O) groups excluding carboxylic acids is 1. The standard InChI is InChI=1S/C20H27N3O2/c1-25-13-11-20(9-2-3-10-20)15-23-19(24)22-14-17-7-4-6-16-8-5-12-21-18(16)17/h4-8,12H,2-3,9-11,13-15H2,1H3,(H2,22,23,24). The Labute approximate surface area is 149 Å². The molecule has 1 heterocycles. The highest BCUT2D eigenvalue weighted by molar-refractivity contribution is 5.82. The molecule has 5 nitrogen and oxygen atoms in total. The number of benzene rings is 1. The Morgan fingerprint density at radius 1 is 1.20 bits per heavy atom. The van der Waals surface area contributed by atoms with Gasteiger partial charge < -0.3 is 15.4 Å². The van der Waals surface area contributed by atoms with E-state index < -0.39 is 0 Å². The minimum atomic E-state index is -0.114. The lowest BCUT2D eigenvalue weighted by atomic mass is 9.83. The topological polar surface area (TPSA) is 63.2 Å². The van der Waals surface area contributed by atoms with E-state index in [0.717, 1.165) is 36.0 Å². The van der Waals surface area contributed by atoms with Gasteiger partial charge >= 0.3 is 6.03 Å². The lowest BCUT2D eigenvalue weighted by Crippen LogP contribution is -2.42. The molecule has 25 heavy (non-hydrogen) atoms. The maximum absolute atomic E-state index is 12.3. The van der Waals surface area contributed by atoms with Gasteiger partial charge in [-0.1, -0.05) is 37.1 Å². The van der Waals surface area contributed by atoms with E-state index in [1.807, 2.05) is 30.3 Å². The molecule has 1 saturated carbocycles. The molecular formula is C20H27N3O2. The minimum absolute atomic E-state index is 0.114. The minimum Gasteiger partial charge on any atom is -0.385 e. The number of para-hydroxylation sites is 1. The number of hydrogen-bond acceptors (Lipinski definition) is 3. The van der Waals surface area contributed by atoms with E-state index in [0.29, 0.717) is 6.54 Å². The summed E-state index contributed by atoms with van der Waals surface area (Å²) in [7, 11) is 1.74. The van der Waals surface area contributed by atoms with Gasteiger partial charge in [0.25, 0.3) is 0 Å². The fraction of sp³-hybridized carbons (Fsp3) is 0.500. The Balaban J connectivity index is 1.54. The summed E-state index contributed by atoms with van der Waals surface area (Å²) < 4.78 is 5.25. The lowest BCUT2D eigenvalue weighted by molar-refractivity contribution is 0.136. The monoisotopic (exact) mass is 341 g/mol. The van der Waals surface area contributed by atoms with E-state index in [-0.39, 0.29) is 11.4 Å². The number of aromatic nitrogens is 1. The van der Waals surface area contributed by atoms with Gasteiger partial charge in [-0.05, 0) is 36.3 Å².